The van der Waals surface area contributed by atoms with Gasteiger partial charge < -0.3 is 19.9 Å². The van der Waals surface area contributed by atoms with Crippen LogP contribution in [0.5, 0.6) is 0 Å². The van der Waals surface area contributed by atoms with E-state index in [0.29, 0.717) is 29.7 Å². The van der Waals surface area contributed by atoms with Gasteiger partial charge in [-0.3, -0.25) is 10.1 Å². The molecular formula is C25H31ClN4O2S. The Morgan fingerprint density at radius 2 is 1.97 bits per heavy atom. The second kappa shape index (κ2) is 10.8. The van der Waals surface area contributed by atoms with Gasteiger partial charge in [-0.1, -0.05) is 48.0 Å². The van der Waals surface area contributed by atoms with E-state index in [0.717, 1.165) is 38.0 Å². The maximum absolute atomic E-state index is 13.4. The highest BCUT2D eigenvalue weighted by Crippen LogP contribution is 2.34. The van der Waals surface area contributed by atoms with E-state index in [-0.39, 0.29) is 17.6 Å². The molecule has 2 aromatic carbocycles. The number of hydrogen-bond acceptors (Lipinski definition) is 4. The minimum atomic E-state index is -0.341. The van der Waals surface area contributed by atoms with Crippen molar-refractivity contribution in [3.63, 3.8) is 0 Å². The van der Waals surface area contributed by atoms with Crippen LogP contribution in [0.3, 0.4) is 0 Å². The van der Waals surface area contributed by atoms with Gasteiger partial charge in [0.05, 0.1) is 11.7 Å². The van der Waals surface area contributed by atoms with Gasteiger partial charge in [-0.2, -0.15) is 0 Å². The lowest BCUT2D eigenvalue weighted by Crippen LogP contribution is -2.60. The minimum Gasteiger partial charge on any atom is -0.385 e. The summed E-state index contributed by atoms with van der Waals surface area (Å²) in [5.41, 5.74) is 1.71. The number of carbonyl (C=O) groups excluding carboxylic acids is 1. The van der Waals surface area contributed by atoms with E-state index in [9.17, 15) is 4.79 Å². The van der Waals surface area contributed by atoms with Crippen LogP contribution in [0, 0.1) is 0 Å². The number of ether oxygens (including phenoxy) is 1. The predicted octanol–water partition coefficient (Wildman–Crippen LogP) is 3.91. The van der Waals surface area contributed by atoms with E-state index < -0.39 is 0 Å². The van der Waals surface area contributed by atoms with E-state index in [2.05, 4.69) is 32.6 Å². The molecule has 2 aliphatic heterocycles. The number of likely N-dealkylation sites (tertiary alicyclic amines) is 1. The average Bonchev–Trinajstić information content (AvgIpc) is 3.05. The predicted molar refractivity (Wildman–Crippen MR) is 136 cm³/mol. The quantitative estimate of drug-likeness (QED) is 0.457. The Hall–Kier alpha value is -2.19. The number of carbonyl (C=O) groups is 1. The van der Waals surface area contributed by atoms with Crippen LogP contribution in [-0.4, -0.2) is 65.9 Å². The van der Waals surface area contributed by atoms with Crippen LogP contribution in [0.2, 0.25) is 5.02 Å². The molecule has 2 N–H and O–H groups in total. The summed E-state index contributed by atoms with van der Waals surface area (Å²) < 4.78 is 5.25. The van der Waals surface area contributed by atoms with Crippen molar-refractivity contribution >= 4 is 40.5 Å². The molecule has 0 bridgehead atoms. The van der Waals surface area contributed by atoms with Crippen LogP contribution in [-0.2, 0) is 16.0 Å². The summed E-state index contributed by atoms with van der Waals surface area (Å²) in [6.45, 7) is 2.87. The summed E-state index contributed by atoms with van der Waals surface area (Å²) >= 11 is 11.8. The van der Waals surface area contributed by atoms with E-state index in [1.807, 2.05) is 42.5 Å². The number of hydrogen-bond donors (Lipinski definition) is 2. The number of rotatable bonds is 7. The monoisotopic (exact) mass is 486 g/mol. The van der Waals surface area contributed by atoms with Crippen molar-refractivity contribution in [1.29, 1.82) is 0 Å². The third kappa shape index (κ3) is 5.66. The molecule has 2 fully saturated rings. The molecular weight excluding hydrogens is 456 g/mol. The maximum atomic E-state index is 13.4. The molecule has 4 rings (SSSR count). The van der Waals surface area contributed by atoms with Gasteiger partial charge in [0.2, 0.25) is 5.91 Å². The largest absolute Gasteiger partial charge is 0.385 e. The number of nitrogens with one attached hydrogen (secondary N) is 2. The SMILES string of the molecule is COCCCN1C(=O)[C@H](Cc2ccccc2)NC12CCN(C(=S)Nc1cccc(Cl)c1)CC2. The van der Waals surface area contributed by atoms with Crippen molar-refractivity contribution < 1.29 is 9.53 Å². The second-order valence-corrected chi connectivity index (χ2v) is 9.51. The number of piperidine rings is 1. The number of benzene rings is 2. The molecule has 1 spiro atoms. The number of methoxy groups -OCH3 is 1. The second-order valence-electron chi connectivity index (χ2n) is 8.68. The Labute approximate surface area is 206 Å². The first-order valence-electron chi connectivity index (χ1n) is 11.4. The van der Waals surface area contributed by atoms with Crippen LogP contribution >= 0.6 is 23.8 Å². The molecule has 2 heterocycles. The molecule has 0 saturated carbocycles. The molecule has 2 aliphatic rings. The summed E-state index contributed by atoms with van der Waals surface area (Å²) in [6, 6.07) is 17.6. The lowest BCUT2D eigenvalue weighted by atomic mass is 9.95. The Bertz CT molecular complexity index is 966. The van der Waals surface area contributed by atoms with E-state index in [1.165, 1.54) is 5.56 Å². The van der Waals surface area contributed by atoms with Gasteiger partial charge in [0.1, 0.15) is 0 Å². The summed E-state index contributed by atoms with van der Waals surface area (Å²) in [5.74, 6) is 0.183. The zero-order valence-corrected chi connectivity index (χ0v) is 20.5. The number of nitrogens with zero attached hydrogens (tertiary/aromatic N) is 2. The number of thiocarbonyl (C=S) groups is 1. The van der Waals surface area contributed by atoms with E-state index >= 15 is 0 Å². The molecule has 33 heavy (non-hydrogen) atoms. The third-order valence-electron chi connectivity index (χ3n) is 6.49. The van der Waals surface area contributed by atoms with Crippen molar-refractivity contribution in [2.24, 2.45) is 0 Å². The van der Waals surface area contributed by atoms with Crippen molar-refractivity contribution in [3.05, 3.63) is 65.2 Å². The van der Waals surface area contributed by atoms with Crippen LogP contribution in [0.25, 0.3) is 0 Å². The molecule has 8 heteroatoms. The highest BCUT2D eigenvalue weighted by atomic mass is 35.5. The lowest BCUT2D eigenvalue weighted by molar-refractivity contribution is -0.133. The molecule has 6 nitrogen and oxygen atoms in total. The summed E-state index contributed by atoms with van der Waals surface area (Å²) in [7, 11) is 1.70. The fourth-order valence-corrected chi connectivity index (χ4v) is 5.30. The van der Waals surface area contributed by atoms with Crippen LogP contribution < -0.4 is 10.6 Å². The van der Waals surface area contributed by atoms with E-state index in [4.69, 9.17) is 28.6 Å². The molecule has 2 saturated heterocycles. The molecule has 0 aromatic heterocycles. The van der Waals surface area contributed by atoms with Gasteiger partial charge in [0.25, 0.3) is 0 Å². The van der Waals surface area contributed by atoms with Gasteiger partial charge >= 0.3 is 0 Å². The highest BCUT2D eigenvalue weighted by molar-refractivity contribution is 7.80. The van der Waals surface area contributed by atoms with Crippen molar-refractivity contribution in [2.75, 3.05) is 38.7 Å². The standard InChI is InChI=1S/C25H31ClN4O2S/c1-32-16-6-13-30-23(31)22(17-19-7-3-2-4-8-19)28-25(30)11-14-29(15-12-25)24(33)27-21-10-5-9-20(26)18-21/h2-5,7-10,18,22,28H,6,11-17H2,1H3,(H,27,33)/t22-/m0/s1. The molecule has 176 valence electrons. The van der Waals surface area contributed by atoms with Crippen LogP contribution in [0.15, 0.2) is 54.6 Å². The van der Waals surface area contributed by atoms with Crippen molar-refractivity contribution in [2.45, 2.75) is 37.4 Å². The summed E-state index contributed by atoms with van der Waals surface area (Å²) in [5, 5.41) is 8.37. The Kier molecular flexibility index (Phi) is 7.86. The van der Waals surface area contributed by atoms with Gasteiger partial charge in [-0.15, -0.1) is 0 Å². The van der Waals surface area contributed by atoms with Crippen LogP contribution in [0.4, 0.5) is 5.69 Å². The highest BCUT2D eigenvalue weighted by Gasteiger charge is 2.51. The normalized spacial score (nSPS) is 19.8. The van der Waals surface area contributed by atoms with Gasteiger partial charge in [0, 0.05) is 56.9 Å². The first-order valence-corrected chi connectivity index (χ1v) is 12.2. The van der Waals surface area contributed by atoms with Crippen LogP contribution in [0.1, 0.15) is 24.8 Å². The Morgan fingerprint density at radius 1 is 1.21 bits per heavy atom. The van der Waals surface area contributed by atoms with E-state index in [1.54, 1.807) is 7.11 Å². The zero-order chi connectivity index (χ0) is 23.3. The summed E-state index contributed by atoms with van der Waals surface area (Å²) in [6.07, 6.45) is 3.14. The van der Waals surface area contributed by atoms with Gasteiger partial charge in [-0.25, -0.2) is 0 Å². The Balaban J connectivity index is 1.43. The van der Waals surface area contributed by atoms with Crippen molar-refractivity contribution in [3.8, 4) is 0 Å². The molecule has 0 unspecified atom stereocenters. The Morgan fingerprint density at radius 3 is 2.67 bits per heavy atom. The molecule has 1 atom stereocenters. The molecule has 1 amide bonds. The fraction of sp³-hybridized carbons (Fsp3) is 0.440. The maximum Gasteiger partial charge on any atom is 0.241 e. The zero-order valence-electron chi connectivity index (χ0n) is 18.9. The van der Waals surface area contributed by atoms with Gasteiger partial charge in [0.15, 0.2) is 5.11 Å². The number of anilines is 1. The van der Waals surface area contributed by atoms with Crippen molar-refractivity contribution in [1.82, 2.24) is 15.1 Å². The third-order valence-corrected chi connectivity index (χ3v) is 7.09. The minimum absolute atomic E-state index is 0.183. The van der Waals surface area contributed by atoms with Gasteiger partial charge in [-0.05, 0) is 48.8 Å². The first-order chi connectivity index (χ1) is 16.0. The smallest absolute Gasteiger partial charge is 0.241 e. The molecule has 0 radical (unpaired) electrons. The first kappa shape index (κ1) is 24.0. The number of halogens is 1. The topological polar surface area (TPSA) is 56.8 Å². The average molecular weight is 487 g/mol. The molecule has 0 aliphatic carbocycles. The molecule has 2 aromatic rings. The summed E-state index contributed by atoms with van der Waals surface area (Å²) in [4.78, 5) is 17.7. The lowest BCUT2D eigenvalue weighted by Gasteiger charge is -2.45. The fourth-order valence-electron chi connectivity index (χ4n) is 4.81. The number of amides is 1.